The van der Waals surface area contributed by atoms with E-state index in [4.69, 9.17) is 5.11 Å². The maximum atomic E-state index is 9.15. The van der Waals surface area contributed by atoms with Gasteiger partial charge in [0.2, 0.25) is 0 Å². The molecule has 0 heterocycles. The molecule has 0 bridgehead atoms. The molecule has 2 heteroatoms. The van der Waals surface area contributed by atoms with Crippen LogP contribution in [-0.2, 0) is 0 Å². The van der Waals surface area contributed by atoms with E-state index in [2.05, 4.69) is 43.4 Å². The maximum Gasteiger partial charge on any atom is 0.0512 e. The fourth-order valence-electron chi connectivity index (χ4n) is 1.90. The Kier molecular flexibility index (Phi) is 5.50. The van der Waals surface area contributed by atoms with Crippen molar-refractivity contribution in [3.8, 4) is 0 Å². The van der Waals surface area contributed by atoms with Crippen LogP contribution < -0.4 is 5.32 Å². The Bertz CT molecular complexity index is 309. The number of hydrogen-bond donors (Lipinski definition) is 2. The standard InChI is InChI=1S/C14H23NO/c1-11-7-4-5-9-14(11)13(3)15-10-6-8-12(2)16/h4-5,7,9,12-13,15-16H,6,8,10H2,1-3H3. The van der Waals surface area contributed by atoms with E-state index in [1.165, 1.54) is 11.1 Å². The van der Waals surface area contributed by atoms with E-state index in [0.29, 0.717) is 6.04 Å². The zero-order valence-corrected chi connectivity index (χ0v) is 10.5. The Labute approximate surface area is 98.7 Å². The first-order chi connectivity index (χ1) is 7.61. The van der Waals surface area contributed by atoms with Gasteiger partial charge in [-0.25, -0.2) is 0 Å². The second kappa shape index (κ2) is 6.66. The monoisotopic (exact) mass is 221 g/mol. The first-order valence-corrected chi connectivity index (χ1v) is 6.08. The van der Waals surface area contributed by atoms with Gasteiger partial charge in [0.15, 0.2) is 0 Å². The molecule has 0 aliphatic rings. The minimum atomic E-state index is -0.185. The molecule has 1 aromatic carbocycles. The largest absolute Gasteiger partial charge is 0.393 e. The van der Waals surface area contributed by atoms with Crippen LogP contribution in [0.2, 0.25) is 0 Å². The van der Waals surface area contributed by atoms with Crippen LogP contribution in [0, 0.1) is 6.92 Å². The summed E-state index contributed by atoms with van der Waals surface area (Å²) in [5, 5.41) is 12.6. The van der Waals surface area contributed by atoms with Crippen LogP contribution in [0.25, 0.3) is 0 Å². The molecule has 1 rings (SSSR count). The molecule has 2 nitrogen and oxygen atoms in total. The fraction of sp³-hybridized carbons (Fsp3) is 0.571. The molecule has 0 aliphatic carbocycles. The molecule has 0 saturated carbocycles. The van der Waals surface area contributed by atoms with Crippen molar-refractivity contribution in [2.45, 2.75) is 45.8 Å². The van der Waals surface area contributed by atoms with E-state index in [0.717, 1.165) is 19.4 Å². The third-order valence-corrected chi connectivity index (χ3v) is 2.90. The third-order valence-electron chi connectivity index (χ3n) is 2.90. The van der Waals surface area contributed by atoms with Crippen molar-refractivity contribution in [2.24, 2.45) is 0 Å². The second-order valence-corrected chi connectivity index (χ2v) is 4.52. The van der Waals surface area contributed by atoms with Crippen molar-refractivity contribution >= 4 is 0 Å². The Hall–Kier alpha value is -0.860. The summed E-state index contributed by atoms with van der Waals surface area (Å²) in [6.45, 7) is 7.12. The molecular formula is C14H23NO. The van der Waals surface area contributed by atoms with Crippen LogP contribution in [0.5, 0.6) is 0 Å². The van der Waals surface area contributed by atoms with Gasteiger partial charge in [-0.05, 0) is 51.3 Å². The predicted molar refractivity (Wildman–Crippen MR) is 68.5 cm³/mol. The van der Waals surface area contributed by atoms with Gasteiger partial charge in [0, 0.05) is 6.04 Å². The minimum Gasteiger partial charge on any atom is -0.393 e. The molecule has 0 spiro atoms. The van der Waals surface area contributed by atoms with Crippen LogP contribution in [0.1, 0.15) is 43.9 Å². The first-order valence-electron chi connectivity index (χ1n) is 6.08. The number of hydrogen-bond acceptors (Lipinski definition) is 2. The molecular weight excluding hydrogens is 198 g/mol. The van der Waals surface area contributed by atoms with Gasteiger partial charge in [0.25, 0.3) is 0 Å². The Balaban J connectivity index is 2.35. The lowest BCUT2D eigenvalue weighted by molar-refractivity contribution is 0.181. The number of benzene rings is 1. The molecule has 90 valence electrons. The zero-order valence-electron chi connectivity index (χ0n) is 10.5. The Morgan fingerprint density at radius 1 is 1.25 bits per heavy atom. The Morgan fingerprint density at radius 3 is 2.56 bits per heavy atom. The topological polar surface area (TPSA) is 32.3 Å². The highest BCUT2D eigenvalue weighted by Crippen LogP contribution is 2.16. The summed E-state index contributed by atoms with van der Waals surface area (Å²) < 4.78 is 0. The molecule has 16 heavy (non-hydrogen) atoms. The van der Waals surface area contributed by atoms with E-state index in [1.54, 1.807) is 0 Å². The SMILES string of the molecule is Cc1ccccc1C(C)NCCCC(C)O. The van der Waals surface area contributed by atoms with Gasteiger partial charge in [-0.3, -0.25) is 0 Å². The summed E-state index contributed by atoms with van der Waals surface area (Å²) in [5.41, 5.74) is 2.69. The van der Waals surface area contributed by atoms with Gasteiger partial charge < -0.3 is 10.4 Å². The zero-order chi connectivity index (χ0) is 12.0. The lowest BCUT2D eigenvalue weighted by Gasteiger charge is -2.16. The summed E-state index contributed by atoms with van der Waals surface area (Å²) >= 11 is 0. The lowest BCUT2D eigenvalue weighted by atomic mass is 10.0. The Morgan fingerprint density at radius 2 is 1.94 bits per heavy atom. The van der Waals surface area contributed by atoms with Gasteiger partial charge in [-0.2, -0.15) is 0 Å². The molecule has 2 N–H and O–H groups in total. The summed E-state index contributed by atoms with van der Waals surface area (Å²) in [6.07, 6.45) is 1.71. The van der Waals surface area contributed by atoms with Crippen molar-refractivity contribution in [2.75, 3.05) is 6.54 Å². The molecule has 0 radical (unpaired) electrons. The molecule has 2 unspecified atom stereocenters. The molecule has 0 aliphatic heterocycles. The van der Waals surface area contributed by atoms with Gasteiger partial charge >= 0.3 is 0 Å². The van der Waals surface area contributed by atoms with Crippen molar-refractivity contribution in [3.63, 3.8) is 0 Å². The summed E-state index contributed by atoms with van der Waals surface area (Å²) in [5.74, 6) is 0. The van der Waals surface area contributed by atoms with Crippen molar-refractivity contribution in [1.29, 1.82) is 0 Å². The summed E-state index contributed by atoms with van der Waals surface area (Å²) in [6, 6.07) is 8.84. The minimum absolute atomic E-state index is 0.185. The van der Waals surface area contributed by atoms with E-state index < -0.39 is 0 Å². The van der Waals surface area contributed by atoms with E-state index in [9.17, 15) is 0 Å². The van der Waals surface area contributed by atoms with Gasteiger partial charge in [0.1, 0.15) is 0 Å². The summed E-state index contributed by atoms with van der Waals surface area (Å²) in [7, 11) is 0. The van der Waals surface area contributed by atoms with Crippen LogP contribution >= 0.6 is 0 Å². The van der Waals surface area contributed by atoms with E-state index >= 15 is 0 Å². The average molecular weight is 221 g/mol. The van der Waals surface area contributed by atoms with Gasteiger partial charge in [-0.1, -0.05) is 24.3 Å². The molecule has 0 saturated heterocycles. The first kappa shape index (κ1) is 13.2. The molecule has 1 aromatic rings. The normalized spacial score (nSPS) is 14.8. The predicted octanol–water partition coefficient (Wildman–Crippen LogP) is 2.81. The lowest BCUT2D eigenvalue weighted by Crippen LogP contribution is -2.21. The number of aliphatic hydroxyl groups excluding tert-OH is 1. The highest BCUT2D eigenvalue weighted by Gasteiger charge is 2.06. The molecule has 0 aromatic heterocycles. The number of nitrogens with one attached hydrogen (secondary N) is 1. The smallest absolute Gasteiger partial charge is 0.0512 e. The quantitative estimate of drug-likeness (QED) is 0.724. The molecule has 0 fully saturated rings. The summed E-state index contributed by atoms with van der Waals surface area (Å²) in [4.78, 5) is 0. The van der Waals surface area contributed by atoms with Gasteiger partial charge in [0.05, 0.1) is 6.10 Å². The fourth-order valence-corrected chi connectivity index (χ4v) is 1.90. The highest BCUT2D eigenvalue weighted by molar-refractivity contribution is 5.28. The molecule has 0 amide bonds. The van der Waals surface area contributed by atoms with Crippen LogP contribution in [0.4, 0.5) is 0 Å². The number of rotatable bonds is 6. The third kappa shape index (κ3) is 4.33. The van der Waals surface area contributed by atoms with Crippen molar-refractivity contribution in [1.82, 2.24) is 5.32 Å². The maximum absolute atomic E-state index is 9.15. The number of aryl methyl sites for hydroxylation is 1. The van der Waals surface area contributed by atoms with E-state index in [-0.39, 0.29) is 6.10 Å². The van der Waals surface area contributed by atoms with Crippen LogP contribution in [-0.4, -0.2) is 17.8 Å². The van der Waals surface area contributed by atoms with Crippen molar-refractivity contribution in [3.05, 3.63) is 35.4 Å². The van der Waals surface area contributed by atoms with Crippen LogP contribution in [0.15, 0.2) is 24.3 Å². The van der Waals surface area contributed by atoms with Crippen LogP contribution in [0.3, 0.4) is 0 Å². The van der Waals surface area contributed by atoms with Crippen molar-refractivity contribution < 1.29 is 5.11 Å². The second-order valence-electron chi connectivity index (χ2n) is 4.52. The molecule has 2 atom stereocenters. The van der Waals surface area contributed by atoms with Gasteiger partial charge in [-0.15, -0.1) is 0 Å². The average Bonchev–Trinajstić information content (AvgIpc) is 2.24. The highest BCUT2D eigenvalue weighted by atomic mass is 16.3. The number of aliphatic hydroxyl groups is 1. The van der Waals surface area contributed by atoms with E-state index in [1.807, 2.05) is 6.92 Å².